The van der Waals surface area contributed by atoms with E-state index >= 15 is 0 Å². The Morgan fingerprint density at radius 1 is 1.14 bits per heavy atom. The lowest BCUT2D eigenvalue weighted by molar-refractivity contribution is -0.133. The van der Waals surface area contributed by atoms with Crippen molar-refractivity contribution in [2.45, 2.75) is 76.7 Å². The number of rotatable bonds is 9. The molecule has 1 saturated heterocycles. The maximum Gasteiger partial charge on any atom is 0.282 e. The third-order valence-electron chi connectivity index (χ3n) is 6.98. The number of carbonyl (C=O) groups excluding carboxylic acids is 1. The van der Waals surface area contributed by atoms with Gasteiger partial charge in [0, 0.05) is 24.4 Å². The highest BCUT2D eigenvalue weighted by molar-refractivity contribution is 7.10. The lowest BCUT2D eigenvalue weighted by Crippen LogP contribution is -2.40. The molecule has 1 saturated carbocycles. The molecule has 0 N–H and O–H groups in total. The summed E-state index contributed by atoms with van der Waals surface area (Å²) in [7, 11) is 1.54. The molecule has 3 heterocycles. The molecule has 0 bridgehead atoms. The zero-order valence-electron chi connectivity index (χ0n) is 20.2. The van der Waals surface area contributed by atoms with E-state index in [4.69, 9.17) is 9.82 Å². The van der Waals surface area contributed by atoms with Crippen molar-refractivity contribution in [2.24, 2.45) is 11.1 Å². The SMILES string of the molecule is CON=C(CC1CCCCC1)c1csc(C2CCN(C(=O)Cn3nc(C(F)F)cc3C(F)F)CC2)n1. The molecule has 7 nitrogen and oxygen atoms in total. The average molecular weight is 530 g/mol. The fraction of sp³-hybridized carbons (Fsp3) is 0.667. The van der Waals surface area contributed by atoms with Crippen molar-refractivity contribution < 1.29 is 27.2 Å². The maximum atomic E-state index is 13.2. The van der Waals surface area contributed by atoms with Crippen molar-refractivity contribution in [3.8, 4) is 0 Å². The number of amides is 1. The highest BCUT2D eigenvalue weighted by Crippen LogP contribution is 2.33. The van der Waals surface area contributed by atoms with E-state index in [0.717, 1.165) is 22.8 Å². The molecule has 198 valence electrons. The molecular formula is C24H31F4N5O2S. The van der Waals surface area contributed by atoms with Gasteiger partial charge >= 0.3 is 0 Å². The summed E-state index contributed by atoms with van der Waals surface area (Å²) in [4.78, 5) is 24.2. The van der Waals surface area contributed by atoms with E-state index in [1.54, 1.807) is 23.3 Å². The van der Waals surface area contributed by atoms with E-state index in [-0.39, 0.29) is 5.92 Å². The zero-order chi connectivity index (χ0) is 25.7. The molecule has 12 heteroatoms. The second-order valence-electron chi connectivity index (χ2n) is 9.41. The van der Waals surface area contributed by atoms with Crippen LogP contribution in [0.25, 0.3) is 0 Å². The average Bonchev–Trinajstić information content (AvgIpc) is 3.53. The van der Waals surface area contributed by atoms with Gasteiger partial charge in [-0.1, -0.05) is 37.3 Å². The largest absolute Gasteiger partial charge is 0.399 e. The van der Waals surface area contributed by atoms with Crippen LogP contribution in [0.15, 0.2) is 16.6 Å². The van der Waals surface area contributed by atoms with E-state index < -0.39 is 36.7 Å². The Hall–Kier alpha value is -2.50. The van der Waals surface area contributed by atoms with Gasteiger partial charge in [-0.05, 0) is 31.2 Å². The van der Waals surface area contributed by atoms with Gasteiger partial charge in [-0.2, -0.15) is 5.10 Å². The van der Waals surface area contributed by atoms with Gasteiger partial charge in [0.1, 0.15) is 30.8 Å². The van der Waals surface area contributed by atoms with Crippen LogP contribution in [0, 0.1) is 5.92 Å². The van der Waals surface area contributed by atoms with Crippen molar-refractivity contribution in [1.29, 1.82) is 0 Å². The summed E-state index contributed by atoms with van der Waals surface area (Å²) in [5.41, 5.74) is 0.285. The number of piperidine rings is 1. The first-order valence-electron chi connectivity index (χ1n) is 12.3. The van der Waals surface area contributed by atoms with Crippen molar-refractivity contribution in [3.05, 3.63) is 33.5 Å². The maximum absolute atomic E-state index is 13.2. The molecule has 2 aliphatic rings. The normalized spacial score (nSPS) is 18.4. The summed E-state index contributed by atoms with van der Waals surface area (Å²) in [6, 6.07) is 0.657. The van der Waals surface area contributed by atoms with Crippen LogP contribution in [0.5, 0.6) is 0 Å². The summed E-state index contributed by atoms with van der Waals surface area (Å²) in [6.07, 6.45) is 2.44. The van der Waals surface area contributed by atoms with Gasteiger partial charge in [0.25, 0.3) is 12.9 Å². The quantitative estimate of drug-likeness (QED) is 0.229. The highest BCUT2D eigenvalue weighted by Gasteiger charge is 2.29. The van der Waals surface area contributed by atoms with Gasteiger partial charge in [-0.15, -0.1) is 11.3 Å². The van der Waals surface area contributed by atoms with Crippen molar-refractivity contribution in [3.63, 3.8) is 0 Å². The molecule has 2 aromatic heterocycles. The van der Waals surface area contributed by atoms with Crippen LogP contribution >= 0.6 is 11.3 Å². The minimum atomic E-state index is -2.99. The summed E-state index contributed by atoms with van der Waals surface area (Å²) in [5, 5.41) is 10.8. The number of hydrogen-bond donors (Lipinski definition) is 0. The van der Waals surface area contributed by atoms with Gasteiger partial charge in [0.2, 0.25) is 5.91 Å². The molecule has 0 atom stereocenters. The Bertz CT molecular complexity index is 1040. The second-order valence-corrected chi connectivity index (χ2v) is 10.3. The molecule has 2 aromatic rings. The van der Waals surface area contributed by atoms with Gasteiger partial charge in [-0.3, -0.25) is 9.48 Å². The van der Waals surface area contributed by atoms with Crippen LogP contribution in [0.1, 0.15) is 92.2 Å². The molecule has 0 spiro atoms. The van der Waals surface area contributed by atoms with Crippen LogP contribution in [-0.4, -0.2) is 51.5 Å². The molecule has 36 heavy (non-hydrogen) atoms. The van der Waals surface area contributed by atoms with E-state index in [1.807, 2.05) is 5.38 Å². The Morgan fingerprint density at radius 2 is 1.86 bits per heavy atom. The fourth-order valence-electron chi connectivity index (χ4n) is 5.04. The number of likely N-dealkylation sites (tertiary alicyclic amines) is 1. The number of carbonyl (C=O) groups is 1. The number of halogens is 4. The smallest absolute Gasteiger partial charge is 0.282 e. The molecule has 2 fully saturated rings. The van der Waals surface area contributed by atoms with E-state index in [0.29, 0.717) is 42.6 Å². The summed E-state index contributed by atoms with van der Waals surface area (Å²) in [5.74, 6) is 0.364. The fourth-order valence-corrected chi connectivity index (χ4v) is 6.04. The summed E-state index contributed by atoms with van der Waals surface area (Å²) < 4.78 is 52.9. The Labute approximate surface area is 211 Å². The second kappa shape index (κ2) is 12.2. The number of hydrogen-bond acceptors (Lipinski definition) is 6. The Kier molecular flexibility index (Phi) is 8.97. The topological polar surface area (TPSA) is 72.6 Å². The summed E-state index contributed by atoms with van der Waals surface area (Å²) >= 11 is 1.58. The molecule has 0 radical (unpaired) electrons. The van der Waals surface area contributed by atoms with Crippen LogP contribution < -0.4 is 0 Å². The molecule has 0 unspecified atom stereocenters. The predicted octanol–water partition coefficient (Wildman–Crippen LogP) is 5.94. The first-order valence-corrected chi connectivity index (χ1v) is 13.2. The van der Waals surface area contributed by atoms with Crippen LogP contribution in [0.2, 0.25) is 0 Å². The van der Waals surface area contributed by atoms with Gasteiger partial charge in [-0.25, -0.2) is 22.5 Å². The van der Waals surface area contributed by atoms with E-state index in [1.165, 1.54) is 32.1 Å². The van der Waals surface area contributed by atoms with Gasteiger partial charge in [0.05, 0.1) is 10.7 Å². The van der Waals surface area contributed by atoms with Gasteiger partial charge < -0.3 is 9.74 Å². The lowest BCUT2D eigenvalue weighted by atomic mass is 9.85. The van der Waals surface area contributed by atoms with Gasteiger partial charge in [0.15, 0.2) is 0 Å². The van der Waals surface area contributed by atoms with Crippen LogP contribution in [-0.2, 0) is 16.2 Å². The molecule has 1 aliphatic heterocycles. The highest BCUT2D eigenvalue weighted by atomic mass is 32.1. The first-order chi connectivity index (χ1) is 17.4. The van der Waals surface area contributed by atoms with Crippen molar-refractivity contribution in [1.82, 2.24) is 19.7 Å². The van der Waals surface area contributed by atoms with E-state index in [9.17, 15) is 22.4 Å². The molecular weight excluding hydrogens is 498 g/mol. The summed E-state index contributed by atoms with van der Waals surface area (Å²) in [6.45, 7) is 0.384. The Morgan fingerprint density at radius 3 is 2.50 bits per heavy atom. The van der Waals surface area contributed by atoms with Crippen LogP contribution in [0.4, 0.5) is 17.6 Å². The minimum Gasteiger partial charge on any atom is -0.399 e. The Balaban J connectivity index is 1.34. The van der Waals surface area contributed by atoms with E-state index in [2.05, 4.69) is 10.3 Å². The third kappa shape index (κ3) is 6.43. The zero-order valence-corrected chi connectivity index (χ0v) is 21.0. The number of oxime groups is 1. The predicted molar refractivity (Wildman–Crippen MR) is 128 cm³/mol. The number of aromatic nitrogens is 3. The van der Waals surface area contributed by atoms with Crippen molar-refractivity contribution in [2.75, 3.05) is 20.2 Å². The molecule has 1 amide bonds. The standard InChI is InChI=1S/C24H31F4N5O2S/c1-35-31-17(11-15-5-3-2-4-6-15)19-14-36-24(29-19)16-7-9-32(10-8-16)21(34)13-33-20(23(27)28)12-18(30-33)22(25)26/h12,14-16,22-23H,2-11,13H2,1H3. The van der Waals surface area contributed by atoms with Crippen LogP contribution in [0.3, 0.4) is 0 Å². The third-order valence-corrected chi connectivity index (χ3v) is 7.99. The molecule has 0 aromatic carbocycles. The number of alkyl halides is 4. The molecule has 1 aliphatic carbocycles. The lowest BCUT2D eigenvalue weighted by Gasteiger charge is -2.31. The first kappa shape index (κ1) is 26.6. The number of nitrogens with zero attached hydrogens (tertiary/aromatic N) is 5. The van der Waals surface area contributed by atoms with Crippen molar-refractivity contribution >= 4 is 23.0 Å². The monoisotopic (exact) mass is 529 g/mol. The minimum absolute atomic E-state index is 0.179. The molecule has 4 rings (SSSR count). The number of thiazole rings is 1.